The molecule has 0 saturated heterocycles. The first-order valence-electron chi connectivity index (χ1n) is 38.1. The molecule has 18 heteroatoms. The minimum atomic E-state index is -4.94. The fourth-order valence-corrected chi connectivity index (χ4v) is 11.4. The Kier molecular flexibility index (Phi) is 69.8. The number of hydrogen-bond acceptors (Lipinski definition) is 14. The Labute approximate surface area is 600 Å². The highest BCUT2D eigenvalue weighted by molar-refractivity contribution is 7.47. The number of carbonyl (C=O) groups excluding carboxylic acids is 3. The van der Waals surface area contributed by atoms with E-state index in [1.165, 1.54) is 64.2 Å². The van der Waals surface area contributed by atoms with Crippen molar-refractivity contribution in [2.45, 2.75) is 309 Å². The quantitative estimate of drug-likeness (QED) is 0.0146. The predicted octanol–water partition coefficient (Wildman–Crippen LogP) is 22.1. The number of phosphoric ester groups is 2. The molecule has 0 aromatic heterocycles. The SMILES string of the molecule is CC/C=C\C/C=C\C/C=C\C/C=C\C/C=C\C/C=C\CCCCCCC(=O)OCC(COP(=O)(O)OCC(O)COP(=O)(O)OCC(O)COC(=O)CCCCCCCCCCC/C=C\C/C=C\C/C=C\C/C=C\C/C=C\CC)OC(=O)CCCCCCC/C=C\CCCCCCCC. The fraction of sp³-hybridized carbons (Fsp3) is 0.667. The first-order valence-corrected chi connectivity index (χ1v) is 41.1. The van der Waals surface area contributed by atoms with Crippen molar-refractivity contribution in [1.82, 2.24) is 0 Å². The lowest BCUT2D eigenvalue weighted by Crippen LogP contribution is -2.30. The lowest BCUT2D eigenvalue weighted by Gasteiger charge is -2.21. The molecule has 0 amide bonds. The molecule has 4 N–H and O–H groups in total. The summed E-state index contributed by atoms with van der Waals surface area (Å²) in [6.07, 6.45) is 88.9. The summed E-state index contributed by atoms with van der Waals surface area (Å²) in [6, 6.07) is 0. The van der Waals surface area contributed by atoms with Gasteiger partial charge in [-0.05, 0) is 141 Å². The van der Waals surface area contributed by atoms with E-state index >= 15 is 0 Å². The van der Waals surface area contributed by atoms with Gasteiger partial charge in [-0.25, -0.2) is 9.13 Å². The van der Waals surface area contributed by atoms with Crippen LogP contribution in [-0.2, 0) is 55.8 Å². The van der Waals surface area contributed by atoms with Gasteiger partial charge in [0.15, 0.2) is 6.10 Å². The van der Waals surface area contributed by atoms with Crippen molar-refractivity contribution in [2.24, 2.45) is 0 Å². The van der Waals surface area contributed by atoms with Crippen LogP contribution >= 0.6 is 15.6 Å². The summed E-state index contributed by atoms with van der Waals surface area (Å²) >= 11 is 0. The van der Waals surface area contributed by atoms with Gasteiger partial charge in [-0.2, -0.15) is 0 Å². The van der Waals surface area contributed by atoms with Crippen LogP contribution in [0.5, 0.6) is 0 Å². The highest BCUT2D eigenvalue weighted by Gasteiger charge is 2.29. The number of phosphoric acid groups is 2. The Morgan fingerprint density at radius 1 is 0.293 bits per heavy atom. The van der Waals surface area contributed by atoms with Crippen LogP contribution < -0.4 is 0 Å². The number of rotatable bonds is 71. The monoisotopic (exact) mass is 1430 g/mol. The lowest BCUT2D eigenvalue weighted by atomic mass is 10.1. The van der Waals surface area contributed by atoms with Crippen LogP contribution in [0.2, 0.25) is 0 Å². The van der Waals surface area contributed by atoms with Crippen LogP contribution in [0.4, 0.5) is 0 Å². The maximum absolute atomic E-state index is 13.0. The summed E-state index contributed by atoms with van der Waals surface area (Å²) in [4.78, 5) is 58.6. The molecule has 0 aliphatic carbocycles. The van der Waals surface area contributed by atoms with Crippen molar-refractivity contribution in [1.29, 1.82) is 0 Å². The second kappa shape index (κ2) is 73.2. The highest BCUT2D eigenvalue weighted by atomic mass is 31.2. The van der Waals surface area contributed by atoms with Crippen molar-refractivity contribution < 1.29 is 75.8 Å². The Bertz CT molecular complexity index is 2380. The van der Waals surface area contributed by atoms with E-state index in [1.54, 1.807) is 0 Å². The Hall–Kier alpha value is -4.57. The number of aliphatic hydroxyl groups is 2. The van der Waals surface area contributed by atoms with Gasteiger partial charge < -0.3 is 34.2 Å². The van der Waals surface area contributed by atoms with Gasteiger partial charge in [0.05, 0.1) is 26.4 Å². The van der Waals surface area contributed by atoms with E-state index in [-0.39, 0.29) is 19.3 Å². The molecule has 0 rings (SSSR count). The summed E-state index contributed by atoms with van der Waals surface area (Å²) in [5.41, 5.74) is 0. The summed E-state index contributed by atoms with van der Waals surface area (Å²) in [6.45, 7) is 2.40. The van der Waals surface area contributed by atoms with Crippen molar-refractivity contribution in [3.63, 3.8) is 0 Å². The van der Waals surface area contributed by atoms with Crippen LogP contribution in [-0.4, -0.2) is 95.9 Å². The first kappa shape index (κ1) is 94.4. The van der Waals surface area contributed by atoms with Crippen LogP contribution in [0.3, 0.4) is 0 Å². The smallest absolute Gasteiger partial charge is 0.463 e. The van der Waals surface area contributed by atoms with Crippen LogP contribution in [0.1, 0.15) is 290 Å². The minimum absolute atomic E-state index is 0.0848. The van der Waals surface area contributed by atoms with E-state index in [9.17, 15) is 43.5 Å². The third kappa shape index (κ3) is 74.4. The molecule has 0 spiro atoms. The van der Waals surface area contributed by atoms with Crippen molar-refractivity contribution >= 4 is 33.6 Å². The van der Waals surface area contributed by atoms with E-state index in [0.717, 1.165) is 167 Å². The minimum Gasteiger partial charge on any atom is -0.463 e. The summed E-state index contributed by atoms with van der Waals surface area (Å²) in [5, 5.41) is 20.6. The molecular weight excluding hydrogens is 1290 g/mol. The predicted molar refractivity (Wildman–Crippen MR) is 408 cm³/mol. The average molecular weight is 1430 g/mol. The standard InChI is InChI=1S/C81H136O16P2/c1-4-7-10-13-16-19-22-25-28-30-32-34-36-37-39-41-42-44-47-49-52-55-58-61-64-67-79(84)91-70-76(82)71-93-98(87,88)94-72-77(83)73-95-99(89,90)96-75-78(97-81(86)69-66-63-60-57-54-51-46-27-24-21-18-15-12-9-6-3)74-92-80(85)68-65-62-59-56-53-50-48-45-43-40-38-35-33-31-29-26-23-20-17-14-11-8-5-2/h7-8,10-11,16-17,19-20,25-29,32-35,37,39-40,43,46,48,50,76-78,82-83H,4-6,9,12-15,18,21-24,30-31,36,38,41-42,44-45,47,49,51-75H2,1-3H3,(H,87,88)(H,89,90)/b10-7-,11-8-,19-16-,20-17-,28-25-,29-26-,34-32-,35-33-,39-37-,43-40-,46-27-,50-48-. The second-order valence-corrected chi connectivity index (χ2v) is 27.9. The maximum Gasteiger partial charge on any atom is 0.472 e. The van der Waals surface area contributed by atoms with Gasteiger partial charge in [0.1, 0.15) is 25.4 Å². The number of unbranched alkanes of at least 4 members (excludes halogenated alkanes) is 24. The summed E-state index contributed by atoms with van der Waals surface area (Å²) in [7, 11) is -9.80. The molecule has 0 radical (unpaired) electrons. The maximum atomic E-state index is 13.0. The van der Waals surface area contributed by atoms with Gasteiger partial charge in [0, 0.05) is 19.3 Å². The number of aliphatic hydroxyl groups excluding tert-OH is 2. The zero-order valence-corrected chi connectivity index (χ0v) is 63.4. The Morgan fingerprint density at radius 3 is 0.859 bits per heavy atom. The molecule has 0 bridgehead atoms. The fourth-order valence-electron chi connectivity index (χ4n) is 9.77. The van der Waals surface area contributed by atoms with Crippen LogP contribution in [0.15, 0.2) is 146 Å². The Morgan fingerprint density at radius 2 is 0.535 bits per heavy atom. The zero-order valence-electron chi connectivity index (χ0n) is 61.6. The third-order valence-corrected chi connectivity index (χ3v) is 17.4. The van der Waals surface area contributed by atoms with Gasteiger partial charge >= 0.3 is 33.6 Å². The zero-order chi connectivity index (χ0) is 72.3. The number of hydrogen-bond donors (Lipinski definition) is 4. The molecule has 0 heterocycles. The van der Waals surface area contributed by atoms with Gasteiger partial charge in [-0.1, -0.05) is 276 Å². The molecule has 0 aliphatic heterocycles. The molecule has 566 valence electrons. The van der Waals surface area contributed by atoms with Crippen molar-refractivity contribution in [3.8, 4) is 0 Å². The largest absolute Gasteiger partial charge is 0.472 e. The van der Waals surface area contributed by atoms with Gasteiger partial charge in [-0.3, -0.25) is 32.5 Å². The van der Waals surface area contributed by atoms with Gasteiger partial charge in [0.2, 0.25) is 0 Å². The molecular formula is C81H136O16P2. The lowest BCUT2D eigenvalue weighted by molar-refractivity contribution is -0.161. The van der Waals surface area contributed by atoms with E-state index in [1.807, 2.05) is 0 Å². The normalized spacial score (nSPS) is 14.9. The average Bonchev–Trinajstić information content (AvgIpc) is 1.84. The number of esters is 3. The molecule has 16 nitrogen and oxygen atoms in total. The van der Waals surface area contributed by atoms with E-state index in [4.69, 9.17) is 32.3 Å². The molecule has 5 unspecified atom stereocenters. The molecule has 0 saturated carbocycles. The summed E-state index contributed by atoms with van der Waals surface area (Å²) < 4.78 is 61.1. The molecule has 99 heavy (non-hydrogen) atoms. The van der Waals surface area contributed by atoms with E-state index in [2.05, 4.69) is 167 Å². The highest BCUT2D eigenvalue weighted by Crippen LogP contribution is 2.45. The Balaban J connectivity index is 4.65. The van der Waals surface area contributed by atoms with Crippen molar-refractivity contribution in [2.75, 3.05) is 39.6 Å². The van der Waals surface area contributed by atoms with Crippen molar-refractivity contribution in [3.05, 3.63) is 146 Å². The van der Waals surface area contributed by atoms with Gasteiger partial charge in [-0.15, -0.1) is 0 Å². The molecule has 5 atom stereocenters. The van der Waals surface area contributed by atoms with E-state index in [0.29, 0.717) is 19.3 Å². The molecule has 0 fully saturated rings. The second-order valence-electron chi connectivity index (χ2n) is 25.0. The summed E-state index contributed by atoms with van der Waals surface area (Å²) in [5.74, 6) is -1.62. The molecule has 0 aromatic carbocycles. The third-order valence-electron chi connectivity index (χ3n) is 15.5. The number of allylic oxidation sites excluding steroid dienone is 24. The topological polar surface area (TPSA) is 231 Å². The number of carbonyl (C=O) groups is 3. The molecule has 0 aliphatic rings. The van der Waals surface area contributed by atoms with Crippen LogP contribution in [0, 0.1) is 0 Å². The van der Waals surface area contributed by atoms with Crippen LogP contribution in [0.25, 0.3) is 0 Å². The number of ether oxygens (including phenoxy) is 3. The van der Waals surface area contributed by atoms with E-state index < -0.39 is 91.5 Å². The first-order chi connectivity index (χ1) is 48.2. The van der Waals surface area contributed by atoms with Gasteiger partial charge in [0.25, 0.3) is 0 Å². The molecule has 0 aromatic rings.